The van der Waals surface area contributed by atoms with Crippen LogP contribution in [0.15, 0.2) is 185 Å². The first kappa shape index (κ1) is 30.5. The highest BCUT2D eigenvalue weighted by molar-refractivity contribution is 9.10. The SMILES string of the molecule is Brc1cccc2oc3ccc(-c4ccc5c(c4)-c4cc(-c6ccc7c(c6)c6ccccc6n7-c6ccccc6)ccc4C(c4ccccc4)C5)cc3c12. The predicted molar refractivity (Wildman–Crippen MR) is 224 cm³/mol. The Balaban J connectivity index is 1.08. The Kier molecular flexibility index (Phi) is 6.87. The third-order valence-electron chi connectivity index (χ3n) is 11.3. The first-order valence-electron chi connectivity index (χ1n) is 18.2. The molecule has 0 aliphatic heterocycles. The van der Waals surface area contributed by atoms with E-state index in [0.29, 0.717) is 0 Å². The summed E-state index contributed by atoms with van der Waals surface area (Å²) in [5.74, 6) is 0.288. The molecule has 3 heteroatoms. The highest BCUT2D eigenvalue weighted by Gasteiger charge is 2.27. The molecule has 53 heavy (non-hydrogen) atoms. The Bertz CT molecular complexity index is 3040. The summed E-state index contributed by atoms with van der Waals surface area (Å²) in [5.41, 5.74) is 17.0. The van der Waals surface area contributed by atoms with Crippen molar-refractivity contribution in [1.29, 1.82) is 0 Å². The van der Waals surface area contributed by atoms with Gasteiger partial charge in [-0.1, -0.05) is 125 Å². The summed E-state index contributed by atoms with van der Waals surface area (Å²) < 4.78 is 9.64. The van der Waals surface area contributed by atoms with Crippen LogP contribution >= 0.6 is 15.9 Å². The van der Waals surface area contributed by atoms with Crippen molar-refractivity contribution in [1.82, 2.24) is 4.57 Å². The van der Waals surface area contributed by atoms with Crippen molar-refractivity contribution >= 4 is 59.7 Å². The molecule has 0 spiro atoms. The van der Waals surface area contributed by atoms with Gasteiger partial charge in [0.05, 0.1) is 11.0 Å². The van der Waals surface area contributed by atoms with Crippen molar-refractivity contribution in [2.45, 2.75) is 12.3 Å². The van der Waals surface area contributed by atoms with Gasteiger partial charge in [0.2, 0.25) is 0 Å². The van der Waals surface area contributed by atoms with Gasteiger partial charge in [0.15, 0.2) is 0 Å². The summed E-state index contributed by atoms with van der Waals surface area (Å²) in [6, 6.07) is 64.3. The van der Waals surface area contributed by atoms with E-state index in [1.807, 2.05) is 12.1 Å². The second-order valence-electron chi connectivity index (χ2n) is 14.2. The van der Waals surface area contributed by atoms with Gasteiger partial charge in [-0.15, -0.1) is 0 Å². The monoisotopic (exact) mass is 741 g/mol. The maximum Gasteiger partial charge on any atom is 0.136 e. The lowest BCUT2D eigenvalue weighted by Gasteiger charge is -2.29. The maximum atomic E-state index is 6.21. The van der Waals surface area contributed by atoms with Gasteiger partial charge in [0.1, 0.15) is 11.2 Å². The van der Waals surface area contributed by atoms with E-state index in [1.165, 1.54) is 77.6 Å². The Morgan fingerprint density at radius 2 is 1.15 bits per heavy atom. The average molecular weight is 743 g/mol. The number of para-hydroxylation sites is 2. The molecular formula is C50H32BrNO. The fraction of sp³-hybridized carbons (Fsp3) is 0.0400. The Morgan fingerprint density at radius 3 is 2.00 bits per heavy atom. The summed E-state index contributed by atoms with van der Waals surface area (Å²) in [6.07, 6.45) is 0.968. The molecule has 250 valence electrons. The van der Waals surface area contributed by atoms with Crippen LogP contribution in [-0.2, 0) is 6.42 Å². The molecule has 8 aromatic carbocycles. The summed E-state index contributed by atoms with van der Waals surface area (Å²) in [5, 5.41) is 4.77. The molecule has 1 unspecified atom stereocenters. The van der Waals surface area contributed by atoms with Gasteiger partial charge in [0, 0.05) is 37.6 Å². The summed E-state index contributed by atoms with van der Waals surface area (Å²) >= 11 is 3.77. The summed E-state index contributed by atoms with van der Waals surface area (Å²) in [4.78, 5) is 0. The number of furan rings is 1. The molecule has 2 nitrogen and oxygen atoms in total. The molecule has 11 rings (SSSR count). The first-order valence-corrected chi connectivity index (χ1v) is 19.0. The molecule has 1 atom stereocenters. The standard InChI is InChI=1S/C50H32BrNO/c51-45-15-9-17-49-50(45)44-29-35(22-25-48(44)53-49)32-18-19-36-30-40(31-10-3-1-4-11-31)38-23-20-33(27-42(38)41(36)26-32)34-21-24-47-43(28-34)39-14-7-8-16-46(39)52(47)37-12-5-2-6-13-37/h1-29,40H,30H2. The third kappa shape index (κ3) is 4.85. The number of halogens is 1. The molecule has 2 heterocycles. The van der Waals surface area contributed by atoms with Gasteiger partial charge in [-0.25, -0.2) is 0 Å². The molecular weight excluding hydrogens is 710 g/mol. The average Bonchev–Trinajstić information content (AvgIpc) is 3.76. The Morgan fingerprint density at radius 1 is 0.491 bits per heavy atom. The molecule has 10 aromatic rings. The molecule has 0 fully saturated rings. The van der Waals surface area contributed by atoms with Crippen molar-refractivity contribution in [3.8, 4) is 39.1 Å². The Hall–Kier alpha value is -6.16. The molecule has 0 saturated carbocycles. The number of nitrogens with zero attached hydrogens (tertiary/aromatic N) is 1. The second-order valence-corrected chi connectivity index (χ2v) is 15.0. The number of fused-ring (bicyclic) bond motifs is 9. The predicted octanol–water partition coefficient (Wildman–Crippen LogP) is 14.1. The van der Waals surface area contributed by atoms with Gasteiger partial charge in [0.25, 0.3) is 0 Å². The zero-order valence-corrected chi connectivity index (χ0v) is 30.3. The fourth-order valence-electron chi connectivity index (χ4n) is 8.74. The molecule has 2 aromatic heterocycles. The van der Waals surface area contributed by atoms with Crippen molar-refractivity contribution < 1.29 is 4.42 Å². The van der Waals surface area contributed by atoms with Crippen LogP contribution in [0, 0.1) is 0 Å². The molecule has 0 N–H and O–H groups in total. The van der Waals surface area contributed by atoms with E-state index in [0.717, 1.165) is 32.8 Å². The van der Waals surface area contributed by atoms with Crippen LogP contribution in [0.1, 0.15) is 22.6 Å². The molecule has 0 radical (unpaired) electrons. The van der Waals surface area contributed by atoms with E-state index in [-0.39, 0.29) is 5.92 Å². The van der Waals surface area contributed by atoms with Crippen LogP contribution in [0.4, 0.5) is 0 Å². The molecule has 0 saturated heterocycles. The fourth-order valence-corrected chi connectivity index (χ4v) is 9.30. The van der Waals surface area contributed by atoms with E-state index >= 15 is 0 Å². The minimum atomic E-state index is 0.288. The maximum absolute atomic E-state index is 6.21. The van der Waals surface area contributed by atoms with Crippen LogP contribution < -0.4 is 0 Å². The second kappa shape index (κ2) is 11.9. The van der Waals surface area contributed by atoms with Crippen molar-refractivity contribution in [2.75, 3.05) is 0 Å². The quantitative estimate of drug-likeness (QED) is 0.176. The van der Waals surface area contributed by atoms with Crippen molar-refractivity contribution in [3.05, 3.63) is 197 Å². The van der Waals surface area contributed by atoms with Gasteiger partial charge < -0.3 is 8.98 Å². The lowest BCUT2D eigenvalue weighted by molar-refractivity contribution is 0.669. The van der Waals surface area contributed by atoms with Gasteiger partial charge in [-0.05, 0) is 123 Å². The first-order chi connectivity index (χ1) is 26.2. The summed E-state index contributed by atoms with van der Waals surface area (Å²) in [7, 11) is 0. The van der Waals surface area contributed by atoms with E-state index in [4.69, 9.17) is 4.42 Å². The third-order valence-corrected chi connectivity index (χ3v) is 11.9. The minimum absolute atomic E-state index is 0.288. The van der Waals surface area contributed by atoms with Crippen molar-refractivity contribution in [2.24, 2.45) is 0 Å². The highest BCUT2D eigenvalue weighted by atomic mass is 79.9. The number of aromatic nitrogens is 1. The Labute approximate surface area is 315 Å². The van der Waals surface area contributed by atoms with Crippen LogP contribution in [0.25, 0.3) is 82.8 Å². The lowest BCUT2D eigenvalue weighted by atomic mass is 9.74. The lowest BCUT2D eigenvalue weighted by Crippen LogP contribution is -2.13. The largest absolute Gasteiger partial charge is 0.456 e. The van der Waals surface area contributed by atoms with Crippen LogP contribution in [0.2, 0.25) is 0 Å². The summed E-state index contributed by atoms with van der Waals surface area (Å²) in [6.45, 7) is 0. The number of hydrogen-bond acceptors (Lipinski definition) is 1. The smallest absolute Gasteiger partial charge is 0.136 e. The van der Waals surface area contributed by atoms with E-state index in [2.05, 4.69) is 184 Å². The molecule has 1 aliphatic carbocycles. The zero-order chi connectivity index (χ0) is 35.0. The van der Waals surface area contributed by atoms with Crippen LogP contribution in [0.5, 0.6) is 0 Å². The van der Waals surface area contributed by atoms with Gasteiger partial charge in [-0.2, -0.15) is 0 Å². The van der Waals surface area contributed by atoms with Gasteiger partial charge in [-0.3, -0.25) is 0 Å². The molecule has 0 amide bonds. The van der Waals surface area contributed by atoms with Gasteiger partial charge >= 0.3 is 0 Å². The zero-order valence-electron chi connectivity index (χ0n) is 28.8. The normalized spacial score (nSPS) is 13.9. The molecule has 0 bridgehead atoms. The molecule has 1 aliphatic rings. The van der Waals surface area contributed by atoms with Crippen LogP contribution in [0.3, 0.4) is 0 Å². The van der Waals surface area contributed by atoms with E-state index < -0.39 is 0 Å². The topological polar surface area (TPSA) is 18.1 Å². The highest BCUT2D eigenvalue weighted by Crippen LogP contribution is 2.46. The van der Waals surface area contributed by atoms with E-state index in [1.54, 1.807) is 0 Å². The number of rotatable bonds is 4. The van der Waals surface area contributed by atoms with Crippen molar-refractivity contribution in [3.63, 3.8) is 0 Å². The number of benzene rings is 8. The van der Waals surface area contributed by atoms with E-state index in [9.17, 15) is 0 Å². The van der Waals surface area contributed by atoms with Crippen LogP contribution in [-0.4, -0.2) is 4.57 Å². The number of hydrogen-bond donors (Lipinski definition) is 0. The minimum Gasteiger partial charge on any atom is -0.456 e.